The Labute approximate surface area is 201 Å². The van der Waals surface area contributed by atoms with Crippen molar-refractivity contribution in [1.82, 2.24) is 14.9 Å². The first-order valence-corrected chi connectivity index (χ1v) is 10.1. The van der Waals surface area contributed by atoms with E-state index in [-0.39, 0.29) is 24.7 Å². The second kappa shape index (κ2) is 10.3. The number of ether oxygens (including phenoxy) is 3. The van der Waals surface area contributed by atoms with Crippen LogP contribution in [0.2, 0.25) is 10.0 Å². The molecule has 1 aliphatic heterocycles. The van der Waals surface area contributed by atoms with Gasteiger partial charge in [0.1, 0.15) is 12.1 Å². The number of benzene rings is 2. The van der Waals surface area contributed by atoms with E-state index in [2.05, 4.69) is 15.3 Å². The van der Waals surface area contributed by atoms with Gasteiger partial charge in [-0.1, -0.05) is 23.2 Å². The number of aromatic nitrogens is 2. The molecule has 0 bridgehead atoms. The van der Waals surface area contributed by atoms with Crippen molar-refractivity contribution in [1.29, 1.82) is 0 Å². The van der Waals surface area contributed by atoms with Crippen molar-refractivity contribution in [2.45, 2.75) is 6.42 Å². The lowest BCUT2D eigenvalue weighted by atomic mass is 10.2. The number of anilines is 2. The maximum Gasteiger partial charge on any atom is 0.162 e. The van der Waals surface area contributed by atoms with E-state index < -0.39 is 33.2 Å². The first-order valence-electron chi connectivity index (χ1n) is 13.2. The summed E-state index contributed by atoms with van der Waals surface area (Å²) < 4.78 is 70.2. The number of nitrogens with zero attached hydrogens (tertiary/aromatic N) is 3. The highest BCUT2D eigenvalue weighted by molar-refractivity contribution is 6.42. The third kappa shape index (κ3) is 5.49. The van der Waals surface area contributed by atoms with Crippen molar-refractivity contribution in [2.75, 3.05) is 51.7 Å². The largest absolute Gasteiger partial charge is 0.493 e. The molecule has 4 unspecified atom stereocenters. The summed E-state index contributed by atoms with van der Waals surface area (Å²) in [6, 6.07) is 7.99. The van der Waals surface area contributed by atoms with Crippen LogP contribution in [0.1, 0.15) is 16.0 Å². The zero-order valence-corrected chi connectivity index (χ0v) is 17.7. The zero-order valence-electron chi connectivity index (χ0n) is 23.2. The molecule has 1 fully saturated rings. The van der Waals surface area contributed by atoms with Crippen molar-refractivity contribution in [3.63, 3.8) is 0 Å². The van der Waals surface area contributed by atoms with Crippen LogP contribution in [0.5, 0.6) is 11.5 Å². The van der Waals surface area contributed by atoms with Gasteiger partial charge in [0.15, 0.2) is 11.5 Å². The Kier molecular flexibility index (Phi) is 4.89. The molecule has 1 saturated heterocycles. The number of hydrogen-bond donors (Lipinski definition) is 1. The van der Waals surface area contributed by atoms with Crippen LogP contribution in [0, 0.1) is 0 Å². The molecule has 9 heteroatoms. The first kappa shape index (κ1) is 14.7. The molecule has 164 valence electrons. The van der Waals surface area contributed by atoms with E-state index in [4.69, 9.17) is 47.0 Å². The second-order valence-corrected chi connectivity index (χ2v) is 7.35. The summed E-state index contributed by atoms with van der Waals surface area (Å²) >= 11 is 12.1. The molecule has 0 saturated carbocycles. The number of methoxy groups -OCH3 is 1. The van der Waals surface area contributed by atoms with Crippen molar-refractivity contribution in [2.24, 2.45) is 0 Å². The number of nitrogens with one attached hydrogen (secondary N) is 1. The van der Waals surface area contributed by atoms with E-state index in [1.807, 2.05) is 0 Å². The lowest BCUT2D eigenvalue weighted by Crippen LogP contribution is -2.37. The molecule has 2 heterocycles. The summed E-state index contributed by atoms with van der Waals surface area (Å²) in [6.45, 7) is -4.44. The fourth-order valence-electron chi connectivity index (χ4n) is 2.97. The van der Waals surface area contributed by atoms with Gasteiger partial charge in [0.25, 0.3) is 0 Å². The third-order valence-electron chi connectivity index (χ3n) is 4.47. The predicted octanol–water partition coefficient (Wildman–Crippen LogP) is 4.79. The Morgan fingerprint density at radius 3 is 2.84 bits per heavy atom. The van der Waals surface area contributed by atoms with Gasteiger partial charge >= 0.3 is 0 Å². The summed E-state index contributed by atoms with van der Waals surface area (Å²) in [6.07, 6.45) is 1.65. The lowest BCUT2D eigenvalue weighted by molar-refractivity contribution is 0.0357. The van der Waals surface area contributed by atoms with Crippen LogP contribution >= 0.6 is 23.2 Å². The number of morpholine rings is 1. The van der Waals surface area contributed by atoms with Crippen molar-refractivity contribution in [3.05, 3.63) is 46.7 Å². The zero-order chi connectivity index (χ0) is 27.6. The van der Waals surface area contributed by atoms with Crippen molar-refractivity contribution in [3.8, 4) is 11.5 Å². The molecule has 1 N–H and O–H groups in total. The highest BCUT2D eigenvalue weighted by atomic mass is 35.5. The normalized spacial score (nSPS) is 27.7. The number of rotatable bonds is 8. The minimum absolute atomic E-state index is 0.0442. The van der Waals surface area contributed by atoms with Gasteiger partial charge in [-0.25, -0.2) is 9.97 Å². The monoisotopic (exact) mass is 469 g/mol. The molecule has 4 rings (SSSR count). The molecule has 3 aromatic rings. The summed E-state index contributed by atoms with van der Waals surface area (Å²) in [4.78, 5) is 9.89. The van der Waals surface area contributed by atoms with Crippen LogP contribution in [0.4, 0.5) is 11.5 Å². The van der Waals surface area contributed by atoms with E-state index in [1.165, 1.54) is 17.3 Å². The van der Waals surface area contributed by atoms with Gasteiger partial charge < -0.3 is 19.5 Å². The molecular weight excluding hydrogens is 439 g/mol. The summed E-state index contributed by atoms with van der Waals surface area (Å²) in [5.41, 5.74) is 1.02. The van der Waals surface area contributed by atoms with E-state index >= 15 is 0 Å². The molecule has 31 heavy (non-hydrogen) atoms. The fourth-order valence-corrected chi connectivity index (χ4v) is 3.26. The molecule has 0 aliphatic carbocycles. The van der Waals surface area contributed by atoms with Crippen LogP contribution in [0.15, 0.2) is 36.7 Å². The highest BCUT2D eigenvalue weighted by Crippen LogP contribution is 2.35. The Morgan fingerprint density at radius 1 is 1.16 bits per heavy atom. The molecule has 0 spiro atoms. The third-order valence-corrected chi connectivity index (χ3v) is 5.21. The van der Waals surface area contributed by atoms with Crippen molar-refractivity contribution < 1.29 is 23.8 Å². The number of hydrogen-bond acceptors (Lipinski definition) is 7. The SMILES string of the molecule is [2H]C1OC([2H])C([2H])N(CCCOc2cc3c(Nc4ccc(Cl)c(Cl)c4)ncnc3cc2OC([2H])([2H])[2H])C1[2H]. The van der Waals surface area contributed by atoms with E-state index in [0.717, 1.165) is 0 Å². The van der Waals surface area contributed by atoms with E-state index in [0.29, 0.717) is 38.9 Å². The summed E-state index contributed by atoms with van der Waals surface area (Å²) in [5, 5.41) is 4.41. The van der Waals surface area contributed by atoms with Gasteiger partial charge in [-0.15, -0.1) is 0 Å². The Balaban J connectivity index is 1.56. The highest BCUT2D eigenvalue weighted by Gasteiger charge is 2.13. The molecule has 7 nitrogen and oxygen atoms in total. The molecule has 0 amide bonds. The predicted molar refractivity (Wildman–Crippen MR) is 123 cm³/mol. The lowest BCUT2D eigenvalue weighted by Gasteiger charge is -2.26. The van der Waals surface area contributed by atoms with Crippen LogP contribution in [0.25, 0.3) is 10.9 Å². The molecule has 2 aromatic carbocycles. The average Bonchev–Trinajstić information content (AvgIpc) is 2.84. The molecule has 4 atom stereocenters. The quantitative estimate of drug-likeness (QED) is 0.475. The van der Waals surface area contributed by atoms with Crippen LogP contribution < -0.4 is 14.8 Å². The van der Waals surface area contributed by atoms with E-state index in [9.17, 15) is 0 Å². The van der Waals surface area contributed by atoms with Crippen LogP contribution in [0.3, 0.4) is 0 Å². The van der Waals surface area contributed by atoms with Gasteiger partial charge in [-0.2, -0.15) is 0 Å². The topological polar surface area (TPSA) is 68.7 Å². The van der Waals surface area contributed by atoms with Gasteiger partial charge in [0.2, 0.25) is 0 Å². The number of halogens is 2. The number of fused-ring (bicyclic) bond motifs is 1. The summed E-state index contributed by atoms with van der Waals surface area (Å²) in [7, 11) is -2.74. The Bertz CT molecular complexity index is 1280. The minimum atomic E-state index is -2.74. The molecule has 0 radical (unpaired) electrons. The van der Waals surface area contributed by atoms with Gasteiger partial charge in [-0.05, 0) is 30.7 Å². The molecule has 1 aromatic heterocycles. The van der Waals surface area contributed by atoms with Gasteiger partial charge in [0, 0.05) is 39.5 Å². The Hall–Kier alpha value is -2.32. The van der Waals surface area contributed by atoms with E-state index in [1.54, 1.807) is 24.3 Å². The minimum Gasteiger partial charge on any atom is -0.493 e. The fraction of sp³-hybridized carbons (Fsp3) is 0.364. The van der Waals surface area contributed by atoms with Gasteiger partial charge in [0.05, 0.1) is 49.2 Å². The standard InChI is InChI=1S/C22H24Cl2N4O3/c1-29-20-13-19-16(12-21(20)31-8-2-5-28-6-9-30-10-7-28)22(26-14-25-19)27-15-3-4-17(23)18(24)11-15/h3-4,11-14H,2,5-10H2,1H3,(H,25,26,27)/i1D3,6D,7D,9D,10D. The second-order valence-electron chi connectivity index (χ2n) is 6.54. The smallest absolute Gasteiger partial charge is 0.162 e. The van der Waals surface area contributed by atoms with Crippen LogP contribution in [-0.4, -0.2) is 61.3 Å². The van der Waals surface area contributed by atoms with Gasteiger partial charge in [-0.3, -0.25) is 4.90 Å². The first-order chi connectivity index (χ1) is 17.9. The van der Waals surface area contributed by atoms with Crippen LogP contribution in [-0.2, 0) is 4.74 Å². The maximum atomic E-state index is 8.07. The molecular formula is C22H24Cl2N4O3. The summed E-state index contributed by atoms with van der Waals surface area (Å²) in [5.74, 6) is 0.491. The van der Waals surface area contributed by atoms with Crippen molar-refractivity contribution >= 4 is 45.6 Å². The Morgan fingerprint density at radius 2 is 2.03 bits per heavy atom. The maximum absolute atomic E-state index is 8.07. The average molecular weight is 470 g/mol. The molecule has 1 aliphatic rings.